The Balaban J connectivity index is 2.77. The average molecular weight is 233 g/mol. The summed E-state index contributed by atoms with van der Waals surface area (Å²) in [6.45, 7) is 1.59. The van der Waals surface area contributed by atoms with Gasteiger partial charge in [0, 0.05) is 12.5 Å². The number of aromatic carboxylic acids is 1. The zero-order valence-corrected chi connectivity index (χ0v) is 9.15. The van der Waals surface area contributed by atoms with Gasteiger partial charge in [-0.15, -0.1) is 0 Å². The number of amides is 1. The number of aromatic hydroxyl groups is 1. The van der Waals surface area contributed by atoms with Crippen LogP contribution in [0.2, 0.25) is 0 Å². The van der Waals surface area contributed by atoms with E-state index in [1.807, 2.05) is 0 Å². The summed E-state index contributed by atoms with van der Waals surface area (Å²) in [5.74, 6) is 3.66. The molecule has 0 spiro atoms. The van der Waals surface area contributed by atoms with Gasteiger partial charge in [-0.05, 0) is 18.2 Å². The standard InChI is InChI=1S/C12H11NO4/c1-8(14)13-6-2-3-9-4-5-10(12(16)17)11(15)7-9/h4-5,7,15H,6H2,1H3,(H,13,14)(H,16,17). The highest BCUT2D eigenvalue weighted by Gasteiger charge is 2.08. The maximum Gasteiger partial charge on any atom is 0.339 e. The largest absolute Gasteiger partial charge is 0.507 e. The number of rotatable bonds is 2. The molecule has 17 heavy (non-hydrogen) atoms. The molecule has 0 unspecified atom stereocenters. The van der Waals surface area contributed by atoms with Gasteiger partial charge < -0.3 is 15.5 Å². The van der Waals surface area contributed by atoms with E-state index in [2.05, 4.69) is 17.2 Å². The lowest BCUT2D eigenvalue weighted by molar-refractivity contribution is -0.118. The van der Waals surface area contributed by atoms with Crippen LogP contribution in [0.4, 0.5) is 0 Å². The number of carbonyl (C=O) groups is 2. The third-order valence-corrected chi connectivity index (χ3v) is 1.89. The number of carbonyl (C=O) groups excluding carboxylic acids is 1. The Morgan fingerprint density at radius 2 is 2.12 bits per heavy atom. The first-order valence-electron chi connectivity index (χ1n) is 4.80. The first-order chi connectivity index (χ1) is 8.00. The molecule has 0 heterocycles. The van der Waals surface area contributed by atoms with Crippen LogP contribution >= 0.6 is 0 Å². The van der Waals surface area contributed by atoms with Crippen molar-refractivity contribution in [1.29, 1.82) is 0 Å². The van der Waals surface area contributed by atoms with Gasteiger partial charge in [0.25, 0.3) is 0 Å². The second-order valence-electron chi connectivity index (χ2n) is 3.25. The molecule has 0 bridgehead atoms. The lowest BCUT2D eigenvalue weighted by atomic mass is 10.1. The van der Waals surface area contributed by atoms with E-state index in [1.165, 1.54) is 25.1 Å². The van der Waals surface area contributed by atoms with Crippen LogP contribution in [0.15, 0.2) is 18.2 Å². The topological polar surface area (TPSA) is 86.6 Å². The highest BCUT2D eigenvalue weighted by Crippen LogP contribution is 2.17. The van der Waals surface area contributed by atoms with Crippen LogP contribution in [-0.2, 0) is 4.79 Å². The maximum absolute atomic E-state index is 10.6. The zero-order chi connectivity index (χ0) is 12.8. The summed E-state index contributed by atoms with van der Waals surface area (Å²) < 4.78 is 0. The highest BCUT2D eigenvalue weighted by molar-refractivity contribution is 5.90. The molecular weight excluding hydrogens is 222 g/mol. The molecule has 88 valence electrons. The Morgan fingerprint density at radius 1 is 1.41 bits per heavy atom. The Hall–Kier alpha value is -2.48. The number of carboxylic acid groups (broad SMARTS) is 1. The van der Waals surface area contributed by atoms with E-state index < -0.39 is 5.97 Å². The van der Waals surface area contributed by atoms with Gasteiger partial charge in [-0.25, -0.2) is 4.79 Å². The van der Waals surface area contributed by atoms with Crippen molar-refractivity contribution in [3.05, 3.63) is 29.3 Å². The van der Waals surface area contributed by atoms with Gasteiger partial charge in [0.1, 0.15) is 11.3 Å². The molecule has 1 amide bonds. The van der Waals surface area contributed by atoms with Crippen molar-refractivity contribution < 1.29 is 19.8 Å². The van der Waals surface area contributed by atoms with Crippen molar-refractivity contribution in [2.24, 2.45) is 0 Å². The summed E-state index contributed by atoms with van der Waals surface area (Å²) >= 11 is 0. The molecule has 0 fully saturated rings. The minimum atomic E-state index is -1.19. The molecule has 0 aromatic heterocycles. The first-order valence-corrected chi connectivity index (χ1v) is 4.80. The van der Waals surface area contributed by atoms with Gasteiger partial charge in [-0.3, -0.25) is 4.79 Å². The van der Waals surface area contributed by atoms with Crippen molar-refractivity contribution in [3.8, 4) is 17.6 Å². The van der Waals surface area contributed by atoms with Crippen molar-refractivity contribution in [2.45, 2.75) is 6.92 Å². The highest BCUT2D eigenvalue weighted by atomic mass is 16.4. The first kappa shape index (κ1) is 12.6. The fraction of sp³-hybridized carbons (Fsp3) is 0.167. The molecule has 0 atom stereocenters. The predicted molar refractivity (Wildman–Crippen MR) is 60.6 cm³/mol. The van der Waals surface area contributed by atoms with Crippen molar-refractivity contribution in [2.75, 3.05) is 6.54 Å². The summed E-state index contributed by atoms with van der Waals surface area (Å²) in [6, 6.07) is 4.04. The van der Waals surface area contributed by atoms with Gasteiger partial charge in [0.2, 0.25) is 5.91 Å². The van der Waals surface area contributed by atoms with Crippen LogP contribution in [0.1, 0.15) is 22.8 Å². The van der Waals surface area contributed by atoms with Gasteiger partial charge >= 0.3 is 5.97 Å². The summed E-state index contributed by atoms with van der Waals surface area (Å²) in [7, 11) is 0. The van der Waals surface area contributed by atoms with E-state index in [4.69, 9.17) is 5.11 Å². The fourth-order valence-electron chi connectivity index (χ4n) is 1.11. The number of nitrogens with one attached hydrogen (secondary N) is 1. The van der Waals surface area contributed by atoms with E-state index in [0.717, 1.165) is 0 Å². The summed E-state index contributed by atoms with van der Waals surface area (Å²) in [5.41, 5.74) is 0.315. The van der Waals surface area contributed by atoms with E-state index in [-0.39, 0.29) is 23.8 Å². The van der Waals surface area contributed by atoms with Crippen LogP contribution < -0.4 is 5.32 Å². The molecule has 5 nitrogen and oxygen atoms in total. The SMILES string of the molecule is CC(=O)NCC#Cc1ccc(C(=O)O)c(O)c1. The number of carboxylic acids is 1. The zero-order valence-electron chi connectivity index (χ0n) is 9.15. The molecule has 0 aliphatic heterocycles. The van der Waals surface area contributed by atoms with Crippen molar-refractivity contribution in [3.63, 3.8) is 0 Å². The molecule has 3 N–H and O–H groups in total. The van der Waals surface area contributed by atoms with E-state index in [9.17, 15) is 14.7 Å². The predicted octanol–water partition coefficient (Wildman–Crippen LogP) is 0.578. The average Bonchev–Trinajstić information content (AvgIpc) is 2.23. The van der Waals surface area contributed by atoms with Gasteiger partial charge in [0.15, 0.2) is 0 Å². The Kier molecular flexibility index (Phi) is 4.12. The number of hydrogen-bond donors (Lipinski definition) is 3. The Labute approximate surface area is 98.1 Å². The van der Waals surface area contributed by atoms with Crippen LogP contribution in [0.25, 0.3) is 0 Å². The molecule has 1 aromatic rings. The molecule has 1 rings (SSSR count). The second-order valence-corrected chi connectivity index (χ2v) is 3.25. The Bertz CT molecular complexity index is 511. The molecule has 5 heteroatoms. The Morgan fingerprint density at radius 3 is 2.65 bits per heavy atom. The molecule has 0 aliphatic rings. The van der Waals surface area contributed by atoms with Gasteiger partial charge in [-0.2, -0.15) is 0 Å². The normalized spacial score (nSPS) is 9.00. The molecule has 0 saturated heterocycles. The number of phenols is 1. The van der Waals surface area contributed by atoms with Crippen molar-refractivity contribution in [1.82, 2.24) is 5.32 Å². The molecule has 0 saturated carbocycles. The van der Waals surface area contributed by atoms with Gasteiger partial charge in [0.05, 0.1) is 6.54 Å². The summed E-state index contributed by atoms with van der Waals surface area (Å²) in [6.07, 6.45) is 0. The number of hydrogen-bond acceptors (Lipinski definition) is 3. The molecule has 0 aliphatic carbocycles. The van der Waals surface area contributed by atoms with Crippen LogP contribution in [0, 0.1) is 11.8 Å². The summed E-state index contributed by atoms with van der Waals surface area (Å²) in [4.78, 5) is 21.2. The third kappa shape index (κ3) is 3.87. The van der Waals surface area contributed by atoms with Gasteiger partial charge in [-0.1, -0.05) is 11.8 Å². The van der Waals surface area contributed by atoms with E-state index in [0.29, 0.717) is 5.56 Å². The molecular formula is C12H11NO4. The smallest absolute Gasteiger partial charge is 0.339 e. The molecule has 0 radical (unpaired) electrons. The maximum atomic E-state index is 10.6. The van der Waals surface area contributed by atoms with Crippen molar-refractivity contribution >= 4 is 11.9 Å². The van der Waals surface area contributed by atoms with Crippen LogP contribution in [-0.4, -0.2) is 28.6 Å². The van der Waals surface area contributed by atoms with Crippen LogP contribution in [0.5, 0.6) is 5.75 Å². The quantitative estimate of drug-likeness (QED) is 0.652. The molecule has 1 aromatic carbocycles. The van der Waals surface area contributed by atoms with E-state index in [1.54, 1.807) is 0 Å². The third-order valence-electron chi connectivity index (χ3n) is 1.89. The number of benzene rings is 1. The lowest BCUT2D eigenvalue weighted by Gasteiger charge is -1.99. The monoisotopic (exact) mass is 233 g/mol. The fourth-order valence-corrected chi connectivity index (χ4v) is 1.11. The minimum absolute atomic E-state index is 0.169. The minimum Gasteiger partial charge on any atom is -0.507 e. The van der Waals surface area contributed by atoms with E-state index >= 15 is 0 Å². The lowest BCUT2D eigenvalue weighted by Crippen LogP contribution is -2.19. The second kappa shape index (κ2) is 5.56. The summed E-state index contributed by atoms with van der Waals surface area (Å²) in [5, 5.41) is 20.6. The van der Waals surface area contributed by atoms with Crippen LogP contribution in [0.3, 0.4) is 0 Å².